The number of carboxylic acid groups (broad SMARTS) is 1. The van der Waals surface area contributed by atoms with Gasteiger partial charge in [-0.1, -0.05) is 0 Å². The number of carbonyl (C=O) groups excluding carboxylic acids is 1. The number of rotatable bonds is 8. The Morgan fingerprint density at radius 2 is 1.93 bits per heavy atom. The Hall–Kier alpha value is -4.77. The van der Waals surface area contributed by atoms with Crippen molar-refractivity contribution in [3.8, 4) is 11.5 Å². The fraction of sp³-hybridized carbons (Fsp3) is 0.364. The first-order valence-electron chi connectivity index (χ1n) is 11.6. The van der Waals surface area contributed by atoms with E-state index in [1.807, 2.05) is 0 Å². The Balaban J connectivity index is 1.53. The van der Waals surface area contributed by atoms with E-state index in [-0.39, 0.29) is 58.4 Å². The summed E-state index contributed by atoms with van der Waals surface area (Å²) in [6.07, 6.45) is -4.93. The predicted octanol–water partition coefficient (Wildman–Crippen LogP) is 2.38. The second-order valence-corrected chi connectivity index (χ2v) is 9.10. The number of pyridine rings is 1. The molecular formula is C22H19F5N10O3. The highest BCUT2D eigenvalue weighted by molar-refractivity contribution is 6.09. The number of hydrogen-bond donors (Lipinski definition) is 3. The molecule has 1 atom stereocenters. The van der Waals surface area contributed by atoms with E-state index in [2.05, 4.69) is 35.6 Å². The number of carbonyl (C=O) groups is 2. The summed E-state index contributed by atoms with van der Waals surface area (Å²) in [5, 5.41) is 24.1. The van der Waals surface area contributed by atoms with Crippen LogP contribution in [0, 0.1) is 0 Å². The lowest BCUT2D eigenvalue weighted by Gasteiger charge is -2.19. The van der Waals surface area contributed by atoms with Crippen LogP contribution in [0.3, 0.4) is 0 Å². The molecule has 4 aromatic rings. The number of aryl methyl sites for hydroxylation is 2. The molecule has 5 rings (SSSR count). The molecule has 5 heterocycles. The van der Waals surface area contributed by atoms with Crippen LogP contribution in [-0.4, -0.2) is 68.8 Å². The molecule has 1 amide bonds. The second-order valence-electron chi connectivity index (χ2n) is 9.10. The third-order valence-electron chi connectivity index (χ3n) is 6.47. The van der Waals surface area contributed by atoms with Crippen LogP contribution in [0.15, 0.2) is 24.5 Å². The zero-order chi connectivity index (χ0) is 29.0. The Morgan fingerprint density at radius 1 is 1.18 bits per heavy atom. The number of nitrogen functional groups attached to an aromatic ring is 1. The molecule has 13 nitrogen and oxygen atoms in total. The van der Waals surface area contributed by atoms with E-state index >= 15 is 0 Å². The van der Waals surface area contributed by atoms with Crippen molar-refractivity contribution in [3.63, 3.8) is 0 Å². The number of aliphatic carboxylic acids is 1. The number of anilines is 2. The first-order valence-corrected chi connectivity index (χ1v) is 11.6. The predicted molar refractivity (Wildman–Crippen MR) is 126 cm³/mol. The number of fused-ring (bicyclic) bond motifs is 2. The first kappa shape index (κ1) is 26.8. The zero-order valence-electron chi connectivity index (χ0n) is 20.4. The standard InChI is InChI=1S/C22H19F5N10O3/c1-20(11-9-30-37(34-11)7-4-12(38)39)13-15(28)31-17(32-16(13)33-19(20)40)14-10-3-2-6-29-18(10)36(35-14)8-5-21(23,24)22(25,26)27/h2-3,6,9H,4-5,7-8H2,1H3,(H,38,39)(H3,28,31,32,33,40). The molecule has 18 heteroatoms. The maximum atomic E-state index is 13.6. The molecule has 1 aliphatic heterocycles. The molecule has 0 aromatic carbocycles. The average molecular weight is 566 g/mol. The number of carboxylic acids is 1. The minimum Gasteiger partial charge on any atom is -0.481 e. The van der Waals surface area contributed by atoms with Crippen molar-refractivity contribution >= 4 is 34.5 Å². The Kier molecular flexibility index (Phi) is 6.14. The van der Waals surface area contributed by atoms with E-state index in [0.29, 0.717) is 0 Å². The number of amides is 1. The van der Waals surface area contributed by atoms with Crippen molar-refractivity contribution in [3.05, 3.63) is 35.8 Å². The molecule has 0 saturated heterocycles. The molecule has 1 aliphatic rings. The summed E-state index contributed by atoms with van der Waals surface area (Å²) in [5.74, 6) is -6.86. The highest BCUT2D eigenvalue weighted by atomic mass is 19.4. The van der Waals surface area contributed by atoms with E-state index in [1.165, 1.54) is 31.5 Å². The quantitative estimate of drug-likeness (QED) is 0.268. The molecule has 0 saturated carbocycles. The fourth-order valence-corrected chi connectivity index (χ4v) is 4.31. The zero-order valence-corrected chi connectivity index (χ0v) is 20.4. The van der Waals surface area contributed by atoms with Crippen LogP contribution in [0.2, 0.25) is 0 Å². The van der Waals surface area contributed by atoms with E-state index in [1.54, 1.807) is 0 Å². The highest BCUT2D eigenvalue weighted by Crippen LogP contribution is 2.44. The largest absolute Gasteiger partial charge is 0.481 e. The van der Waals surface area contributed by atoms with Gasteiger partial charge in [-0.3, -0.25) is 9.59 Å². The molecule has 0 fully saturated rings. The summed E-state index contributed by atoms with van der Waals surface area (Å²) in [5.41, 5.74) is 5.09. The molecular weight excluding hydrogens is 547 g/mol. The number of alkyl halides is 5. The van der Waals surface area contributed by atoms with Crippen molar-refractivity contribution in [1.82, 2.24) is 39.7 Å². The summed E-state index contributed by atoms with van der Waals surface area (Å²) in [7, 11) is 0. The maximum Gasteiger partial charge on any atom is 0.453 e. The smallest absolute Gasteiger partial charge is 0.453 e. The summed E-state index contributed by atoms with van der Waals surface area (Å²) >= 11 is 0. The molecule has 0 radical (unpaired) electrons. The van der Waals surface area contributed by atoms with Crippen LogP contribution >= 0.6 is 0 Å². The van der Waals surface area contributed by atoms with Gasteiger partial charge in [-0.15, -0.1) is 0 Å². The van der Waals surface area contributed by atoms with Gasteiger partial charge < -0.3 is 16.2 Å². The van der Waals surface area contributed by atoms with Crippen LogP contribution in [0.1, 0.15) is 31.0 Å². The van der Waals surface area contributed by atoms with Crippen LogP contribution in [-0.2, 0) is 28.1 Å². The van der Waals surface area contributed by atoms with Crippen LogP contribution < -0.4 is 11.1 Å². The minimum absolute atomic E-state index is 0.00427. The van der Waals surface area contributed by atoms with Crippen LogP contribution in [0.25, 0.3) is 22.6 Å². The van der Waals surface area contributed by atoms with Gasteiger partial charge in [0.25, 0.3) is 0 Å². The van der Waals surface area contributed by atoms with Gasteiger partial charge in [0.1, 0.15) is 28.4 Å². The number of halogens is 5. The lowest BCUT2D eigenvalue weighted by molar-refractivity contribution is -0.285. The van der Waals surface area contributed by atoms with Crippen LogP contribution in [0.4, 0.5) is 33.6 Å². The Morgan fingerprint density at radius 3 is 2.62 bits per heavy atom. The van der Waals surface area contributed by atoms with E-state index < -0.39 is 42.4 Å². The number of nitrogens with two attached hydrogens (primary N) is 1. The van der Waals surface area contributed by atoms with Crippen molar-refractivity contribution in [2.45, 2.75) is 50.4 Å². The number of nitrogens with zero attached hydrogens (tertiary/aromatic N) is 8. The lowest BCUT2D eigenvalue weighted by Crippen LogP contribution is -2.37. The maximum absolute atomic E-state index is 13.6. The third-order valence-corrected chi connectivity index (χ3v) is 6.47. The van der Waals surface area contributed by atoms with Gasteiger partial charge >= 0.3 is 18.1 Å². The minimum atomic E-state index is -5.73. The molecule has 0 bridgehead atoms. The summed E-state index contributed by atoms with van der Waals surface area (Å²) in [6, 6.07) is 3.01. The van der Waals surface area contributed by atoms with E-state index in [4.69, 9.17) is 10.8 Å². The van der Waals surface area contributed by atoms with Gasteiger partial charge in [-0.05, 0) is 19.1 Å². The van der Waals surface area contributed by atoms with Gasteiger partial charge in [0, 0.05) is 19.2 Å². The molecule has 4 aromatic heterocycles. The number of hydrogen-bond acceptors (Lipinski definition) is 9. The van der Waals surface area contributed by atoms with Crippen molar-refractivity contribution in [2.75, 3.05) is 11.1 Å². The van der Waals surface area contributed by atoms with Gasteiger partial charge in [-0.2, -0.15) is 42.0 Å². The first-order chi connectivity index (χ1) is 18.7. The van der Waals surface area contributed by atoms with Gasteiger partial charge in [0.15, 0.2) is 11.5 Å². The number of nitrogens with one attached hydrogen (secondary N) is 1. The second kappa shape index (κ2) is 9.16. The monoisotopic (exact) mass is 566 g/mol. The fourth-order valence-electron chi connectivity index (χ4n) is 4.31. The normalized spacial score (nSPS) is 17.3. The Bertz CT molecular complexity index is 1650. The Labute approximate surface area is 220 Å². The van der Waals surface area contributed by atoms with Crippen molar-refractivity contribution in [2.24, 2.45) is 0 Å². The summed E-state index contributed by atoms with van der Waals surface area (Å²) < 4.78 is 66.1. The van der Waals surface area contributed by atoms with Gasteiger partial charge in [0.2, 0.25) is 5.91 Å². The van der Waals surface area contributed by atoms with Gasteiger partial charge in [-0.25, -0.2) is 19.6 Å². The molecule has 210 valence electrons. The average Bonchev–Trinajstić information content (AvgIpc) is 3.56. The molecule has 4 N–H and O–H groups in total. The van der Waals surface area contributed by atoms with E-state index in [9.17, 15) is 31.5 Å². The lowest BCUT2D eigenvalue weighted by atomic mass is 9.81. The molecule has 0 aliphatic carbocycles. The molecule has 40 heavy (non-hydrogen) atoms. The topological polar surface area (TPSA) is 180 Å². The SMILES string of the molecule is CC1(c2cnn(CCC(=O)O)n2)C(=O)Nc2nc(-c3nn(CCC(F)(F)C(F)(F)F)c4ncccc34)nc(N)c21. The van der Waals surface area contributed by atoms with E-state index in [0.717, 1.165) is 9.48 Å². The molecule has 0 spiro atoms. The summed E-state index contributed by atoms with van der Waals surface area (Å²) in [4.78, 5) is 37.7. The van der Waals surface area contributed by atoms with Gasteiger partial charge in [0.05, 0.1) is 30.1 Å². The van der Waals surface area contributed by atoms with Crippen molar-refractivity contribution in [1.29, 1.82) is 0 Å². The number of aromatic nitrogens is 8. The third kappa shape index (κ3) is 4.34. The highest BCUT2D eigenvalue weighted by Gasteiger charge is 2.57. The van der Waals surface area contributed by atoms with Crippen LogP contribution in [0.5, 0.6) is 0 Å². The van der Waals surface area contributed by atoms with Crippen molar-refractivity contribution < 1.29 is 36.6 Å². The molecule has 1 unspecified atom stereocenters. The summed E-state index contributed by atoms with van der Waals surface area (Å²) in [6.45, 7) is 0.657.